The van der Waals surface area contributed by atoms with Crippen LogP contribution in [-0.4, -0.2) is 36.2 Å². The van der Waals surface area contributed by atoms with Crippen LogP contribution < -0.4 is 0 Å². The van der Waals surface area contributed by atoms with Crippen LogP contribution in [0.2, 0.25) is 0 Å². The van der Waals surface area contributed by atoms with Gasteiger partial charge in [-0.2, -0.15) is 0 Å². The highest BCUT2D eigenvalue weighted by atomic mass is 16.3. The van der Waals surface area contributed by atoms with E-state index in [0.717, 1.165) is 19.6 Å². The maximum atomic E-state index is 8.63. The second-order valence-electron chi connectivity index (χ2n) is 3.01. The average Bonchev–Trinajstić information content (AvgIpc) is 1.95. The van der Waals surface area contributed by atoms with Crippen molar-refractivity contribution >= 4 is 0 Å². The van der Waals surface area contributed by atoms with E-state index in [1.54, 1.807) is 0 Å². The van der Waals surface area contributed by atoms with Gasteiger partial charge in [-0.15, -0.1) is 0 Å². The largest absolute Gasteiger partial charge is 0.395 e. The van der Waals surface area contributed by atoms with Crippen LogP contribution in [0.25, 0.3) is 0 Å². The SMILES string of the molecule is [CH2]C1CCN(CCO)CC1. The van der Waals surface area contributed by atoms with Gasteiger partial charge in [0.1, 0.15) is 0 Å². The zero-order chi connectivity index (χ0) is 7.40. The minimum absolute atomic E-state index is 0.293. The van der Waals surface area contributed by atoms with Crippen molar-refractivity contribution in [3.05, 3.63) is 6.92 Å². The predicted octanol–water partition coefficient (Wildman–Crippen LogP) is 0.525. The van der Waals surface area contributed by atoms with E-state index in [4.69, 9.17) is 5.11 Å². The number of hydrogen-bond acceptors (Lipinski definition) is 2. The van der Waals surface area contributed by atoms with Gasteiger partial charge in [-0.25, -0.2) is 0 Å². The monoisotopic (exact) mass is 142 g/mol. The Bertz CT molecular complexity index is 87.3. The molecule has 1 rings (SSSR count). The molecule has 0 unspecified atom stereocenters. The first-order valence-electron chi connectivity index (χ1n) is 3.99. The van der Waals surface area contributed by atoms with Gasteiger partial charge in [0.15, 0.2) is 0 Å². The van der Waals surface area contributed by atoms with Crippen molar-refractivity contribution < 1.29 is 5.11 Å². The lowest BCUT2D eigenvalue weighted by atomic mass is 9.99. The molecule has 0 aromatic rings. The van der Waals surface area contributed by atoms with Crippen molar-refractivity contribution in [2.24, 2.45) is 5.92 Å². The first-order valence-corrected chi connectivity index (χ1v) is 3.99. The minimum atomic E-state index is 0.293. The van der Waals surface area contributed by atoms with Gasteiger partial charge in [0, 0.05) is 6.54 Å². The van der Waals surface area contributed by atoms with Gasteiger partial charge >= 0.3 is 0 Å². The topological polar surface area (TPSA) is 23.5 Å². The summed E-state index contributed by atoms with van der Waals surface area (Å²) in [6, 6.07) is 0. The molecule has 0 saturated carbocycles. The van der Waals surface area contributed by atoms with E-state index < -0.39 is 0 Å². The highest BCUT2D eigenvalue weighted by molar-refractivity contribution is 4.72. The van der Waals surface area contributed by atoms with E-state index in [1.807, 2.05) is 0 Å². The van der Waals surface area contributed by atoms with Crippen molar-refractivity contribution in [3.63, 3.8) is 0 Å². The first-order chi connectivity index (χ1) is 4.83. The Morgan fingerprint density at radius 3 is 2.50 bits per heavy atom. The van der Waals surface area contributed by atoms with Crippen LogP contribution in [0.15, 0.2) is 0 Å². The second-order valence-corrected chi connectivity index (χ2v) is 3.01. The summed E-state index contributed by atoms with van der Waals surface area (Å²) in [5, 5.41) is 8.63. The van der Waals surface area contributed by atoms with E-state index in [0.29, 0.717) is 12.5 Å². The summed E-state index contributed by atoms with van der Waals surface area (Å²) in [7, 11) is 0. The highest BCUT2D eigenvalue weighted by Crippen LogP contribution is 2.14. The Morgan fingerprint density at radius 2 is 2.00 bits per heavy atom. The van der Waals surface area contributed by atoms with Crippen LogP contribution in [0.4, 0.5) is 0 Å². The van der Waals surface area contributed by atoms with Gasteiger partial charge < -0.3 is 10.0 Å². The zero-order valence-corrected chi connectivity index (χ0v) is 6.42. The maximum absolute atomic E-state index is 8.63. The molecule has 1 N–H and O–H groups in total. The zero-order valence-electron chi connectivity index (χ0n) is 6.42. The van der Waals surface area contributed by atoms with Gasteiger partial charge in [-0.1, -0.05) is 6.92 Å². The van der Waals surface area contributed by atoms with E-state index in [9.17, 15) is 0 Å². The number of aliphatic hydroxyl groups excluding tert-OH is 1. The summed E-state index contributed by atoms with van der Waals surface area (Å²) in [4.78, 5) is 2.29. The van der Waals surface area contributed by atoms with Crippen LogP contribution in [0.3, 0.4) is 0 Å². The Kier molecular flexibility index (Phi) is 3.16. The number of nitrogens with zero attached hydrogens (tertiary/aromatic N) is 1. The predicted molar refractivity (Wildman–Crippen MR) is 41.6 cm³/mol. The van der Waals surface area contributed by atoms with E-state index in [2.05, 4.69) is 11.8 Å². The van der Waals surface area contributed by atoms with Gasteiger partial charge in [-0.3, -0.25) is 0 Å². The molecule has 0 aromatic heterocycles. The van der Waals surface area contributed by atoms with Crippen molar-refractivity contribution in [2.45, 2.75) is 12.8 Å². The lowest BCUT2D eigenvalue weighted by Crippen LogP contribution is -2.34. The second kappa shape index (κ2) is 3.94. The van der Waals surface area contributed by atoms with Gasteiger partial charge in [0.25, 0.3) is 0 Å². The fourth-order valence-electron chi connectivity index (χ4n) is 1.35. The van der Waals surface area contributed by atoms with Crippen LogP contribution in [0.1, 0.15) is 12.8 Å². The molecule has 1 aliphatic heterocycles. The van der Waals surface area contributed by atoms with Crippen LogP contribution >= 0.6 is 0 Å². The fraction of sp³-hybridized carbons (Fsp3) is 0.875. The van der Waals surface area contributed by atoms with E-state index in [-0.39, 0.29) is 0 Å². The lowest BCUT2D eigenvalue weighted by Gasteiger charge is -2.29. The third-order valence-corrected chi connectivity index (χ3v) is 2.12. The van der Waals surface area contributed by atoms with Crippen LogP contribution in [0, 0.1) is 12.8 Å². The standard InChI is InChI=1S/C8H16NO/c1-8-2-4-9(5-3-8)6-7-10/h8,10H,1-7H2. The Balaban J connectivity index is 2.13. The van der Waals surface area contributed by atoms with Gasteiger partial charge in [0.2, 0.25) is 0 Å². The number of rotatable bonds is 2. The van der Waals surface area contributed by atoms with Crippen LogP contribution in [0.5, 0.6) is 0 Å². The number of hydrogen-bond donors (Lipinski definition) is 1. The Morgan fingerprint density at radius 1 is 1.40 bits per heavy atom. The molecule has 1 heterocycles. The molecule has 10 heavy (non-hydrogen) atoms. The van der Waals surface area contributed by atoms with Gasteiger partial charge in [0.05, 0.1) is 6.61 Å². The molecule has 0 atom stereocenters. The smallest absolute Gasteiger partial charge is 0.0558 e. The molecular weight excluding hydrogens is 126 g/mol. The molecular formula is C8H16NO. The van der Waals surface area contributed by atoms with Crippen molar-refractivity contribution in [3.8, 4) is 0 Å². The van der Waals surface area contributed by atoms with E-state index >= 15 is 0 Å². The minimum Gasteiger partial charge on any atom is -0.395 e. The maximum Gasteiger partial charge on any atom is 0.0558 e. The number of likely N-dealkylation sites (tertiary alicyclic amines) is 1. The van der Waals surface area contributed by atoms with Gasteiger partial charge in [-0.05, 0) is 31.8 Å². The summed E-state index contributed by atoms with van der Waals surface area (Å²) in [5.74, 6) is 0.648. The summed E-state index contributed by atoms with van der Waals surface area (Å²) in [6.07, 6.45) is 2.39. The van der Waals surface area contributed by atoms with Crippen molar-refractivity contribution in [1.29, 1.82) is 0 Å². The molecule has 2 heteroatoms. The molecule has 1 saturated heterocycles. The fourth-order valence-corrected chi connectivity index (χ4v) is 1.35. The quantitative estimate of drug-likeness (QED) is 0.607. The molecule has 1 fully saturated rings. The van der Waals surface area contributed by atoms with E-state index in [1.165, 1.54) is 12.8 Å². The third kappa shape index (κ3) is 2.27. The molecule has 0 amide bonds. The van der Waals surface area contributed by atoms with Crippen molar-refractivity contribution in [1.82, 2.24) is 4.90 Å². The van der Waals surface area contributed by atoms with Crippen LogP contribution in [-0.2, 0) is 0 Å². The molecule has 0 aromatic carbocycles. The highest BCUT2D eigenvalue weighted by Gasteiger charge is 2.14. The molecule has 1 aliphatic rings. The van der Waals surface area contributed by atoms with Crippen molar-refractivity contribution in [2.75, 3.05) is 26.2 Å². The Labute approximate surface area is 62.8 Å². The summed E-state index contributed by atoms with van der Waals surface area (Å²) in [6.45, 7) is 7.38. The normalized spacial score (nSPS) is 23.4. The molecule has 59 valence electrons. The first kappa shape index (κ1) is 8.02. The number of β-amino-alcohol motifs (C(OH)–C–C–N with tert-alkyl or cyclic N) is 1. The summed E-state index contributed by atoms with van der Waals surface area (Å²) in [5.41, 5.74) is 0. The Hall–Kier alpha value is -0.0800. The lowest BCUT2D eigenvalue weighted by molar-refractivity contribution is 0.158. The third-order valence-electron chi connectivity index (χ3n) is 2.12. The average molecular weight is 142 g/mol. The number of aliphatic hydroxyl groups is 1. The molecule has 0 aliphatic carbocycles. The molecule has 1 radical (unpaired) electrons. The summed E-state index contributed by atoms with van der Waals surface area (Å²) < 4.78 is 0. The molecule has 2 nitrogen and oxygen atoms in total. The molecule has 0 spiro atoms. The summed E-state index contributed by atoms with van der Waals surface area (Å²) >= 11 is 0. The molecule has 0 bridgehead atoms. The number of piperidine rings is 1.